The fourth-order valence-corrected chi connectivity index (χ4v) is 5.86. The lowest BCUT2D eigenvalue weighted by Crippen LogP contribution is -2.48. The second kappa shape index (κ2) is 14.5. The van der Waals surface area contributed by atoms with Crippen LogP contribution in [0, 0.1) is 11.8 Å². The van der Waals surface area contributed by atoms with E-state index in [9.17, 15) is 18.0 Å². The highest BCUT2D eigenvalue weighted by molar-refractivity contribution is 7.89. The lowest BCUT2D eigenvalue weighted by atomic mass is 9.81. The summed E-state index contributed by atoms with van der Waals surface area (Å²) in [5.41, 5.74) is 9.42. The van der Waals surface area contributed by atoms with E-state index < -0.39 is 16.1 Å². The zero-order valence-electron chi connectivity index (χ0n) is 23.8. The fraction of sp³-hybridized carbons (Fsp3) is 0.300. The Bertz CT molecular complexity index is 1660. The van der Waals surface area contributed by atoms with Crippen molar-refractivity contribution >= 4 is 39.9 Å². The van der Waals surface area contributed by atoms with E-state index >= 15 is 0 Å². The van der Waals surface area contributed by atoms with Crippen LogP contribution in [0.2, 0.25) is 0 Å². The summed E-state index contributed by atoms with van der Waals surface area (Å²) >= 11 is 0. The number of aromatic nitrogens is 4. The number of nitrogens with zero attached hydrogens (tertiary/aromatic N) is 3. The maximum atomic E-state index is 13.5. The van der Waals surface area contributed by atoms with Crippen LogP contribution in [0.15, 0.2) is 77.7 Å². The number of hydrogen-bond donors (Lipinski definition) is 5. The summed E-state index contributed by atoms with van der Waals surface area (Å²) in [6, 6.07) is 20.0. The van der Waals surface area contributed by atoms with Crippen molar-refractivity contribution in [3.05, 3.63) is 78.4 Å². The number of H-pyrrole nitrogens is 1. The zero-order chi connectivity index (χ0) is 30.4. The Labute approximate surface area is 261 Å². The van der Waals surface area contributed by atoms with Crippen molar-refractivity contribution < 1.29 is 18.0 Å². The molecule has 0 bridgehead atoms. The van der Waals surface area contributed by atoms with Gasteiger partial charge in [-0.2, -0.15) is 5.21 Å². The number of benzene rings is 3. The summed E-state index contributed by atoms with van der Waals surface area (Å²) in [4.78, 5) is 26.8. The number of nitrogens with two attached hydrogens (primary N) is 2. The molecule has 44 heavy (non-hydrogen) atoms. The molecule has 232 valence electrons. The van der Waals surface area contributed by atoms with E-state index in [1.54, 1.807) is 36.4 Å². The highest BCUT2D eigenvalue weighted by Gasteiger charge is 2.29. The maximum absolute atomic E-state index is 13.5. The molecule has 1 fully saturated rings. The van der Waals surface area contributed by atoms with Crippen LogP contribution in [-0.2, 0) is 26.0 Å². The second-order valence-electron chi connectivity index (χ2n) is 10.8. The van der Waals surface area contributed by atoms with Crippen molar-refractivity contribution in [3.63, 3.8) is 0 Å². The molecular formula is C30H35ClN8O4S. The van der Waals surface area contributed by atoms with Gasteiger partial charge < -0.3 is 16.4 Å². The molecule has 1 saturated carbocycles. The van der Waals surface area contributed by atoms with E-state index in [2.05, 4.69) is 31.3 Å². The van der Waals surface area contributed by atoms with Crippen molar-refractivity contribution in [2.45, 2.75) is 43.0 Å². The molecule has 7 N–H and O–H groups in total. The van der Waals surface area contributed by atoms with E-state index in [1.807, 2.05) is 24.3 Å². The third-order valence-corrected chi connectivity index (χ3v) is 8.74. The number of carbonyl (C=O) groups is 2. The average Bonchev–Trinajstić information content (AvgIpc) is 3.56. The van der Waals surface area contributed by atoms with Gasteiger partial charge in [0.05, 0.1) is 4.90 Å². The molecule has 5 rings (SSSR count). The molecule has 1 aliphatic rings. The summed E-state index contributed by atoms with van der Waals surface area (Å²) in [5.74, 6) is 0.219. The van der Waals surface area contributed by atoms with Crippen LogP contribution in [0.5, 0.6) is 0 Å². The van der Waals surface area contributed by atoms with Gasteiger partial charge in [0.25, 0.3) is 0 Å². The first kappa shape index (κ1) is 32.7. The highest BCUT2D eigenvalue weighted by atomic mass is 35.5. The molecule has 1 heterocycles. The number of sulfonamides is 1. The molecule has 0 unspecified atom stereocenters. The predicted molar refractivity (Wildman–Crippen MR) is 169 cm³/mol. The van der Waals surface area contributed by atoms with Gasteiger partial charge in [0.2, 0.25) is 27.7 Å². The van der Waals surface area contributed by atoms with Crippen LogP contribution in [0.4, 0.5) is 5.69 Å². The van der Waals surface area contributed by atoms with Gasteiger partial charge in [-0.3, -0.25) is 9.59 Å². The summed E-state index contributed by atoms with van der Waals surface area (Å²) in [6.45, 7) is 0.618. The summed E-state index contributed by atoms with van der Waals surface area (Å²) in [7, 11) is -3.83. The lowest BCUT2D eigenvalue weighted by Gasteiger charge is -2.28. The number of rotatable bonds is 10. The summed E-state index contributed by atoms with van der Waals surface area (Å²) in [5, 5.41) is 25.1. The molecule has 12 nitrogen and oxygen atoms in total. The van der Waals surface area contributed by atoms with Crippen molar-refractivity contribution in [2.24, 2.45) is 22.7 Å². The number of carbonyl (C=O) groups excluding carboxylic acids is 2. The molecule has 0 radical (unpaired) electrons. The SMILES string of the molecule is Cl.NCC1CCC(C(=O)N[C@@H](Cc2ccc(-c3cccc(S(N)(=O)=O)c3)cc2)C(=O)Nc2ccc(-c3nn[nH]n3)cc2)CC1. The fourth-order valence-electron chi connectivity index (χ4n) is 5.30. The van der Waals surface area contributed by atoms with E-state index in [4.69, 9.17) is 10.9 Å². The average molecular weight is 639 g/mol. The van der Waals surface area contributed by atoms with Gasteiger partial charge in [-0.15, -0.1) is 22.6 Å². The van der Waals surface area contributed by atoms with Crippen LogP contribution in [0.1, 0.15) is 31.2 Å². The van der Waals surface area contributed by atoms with Gasteiger partial charge in [-0.05, 0) is 96.4 Å². The Hall–Kier alpha value is -4.17. The van der Waals surface area contributed by atoms with E-state index in [-0.39, 0.29) is 41.5 Å². The molecule has 14 heteroatoms. The van der Waals surface area contributed by atoms with Gasteiger partial charge in [0.15, 0.2) is 0 Å². The van der Waals surface area contributed by atoms with Crippen LogP contribution in [-0.4, -0.2) is 53.4 Å². The van der Waals surface area contributed by atoms with Gasteiger partial charge in [0, 0.05) is 23.6 Å². The Morgan fingerprint density at radius 2 is 1.61 bits per heavy atom. The Morgan fingerprint density at radius 3 is 2.23 bits per heavy atom. The third kappa shape index (κ3) is 8.26. The Morgan fingerprint density at radius 1 is 0.932 bits per heavy atom. The number of tetrazole rings is 1. The number of primary sulfonamides is 1. The largest absolute Gasteiger partial charge is 0.344 e. The van der Waals surface area contributed by atoms with Crippen LogP contribution >= 0.6 is 12.4 Å². The van der Waals surface area contributed by atoms with Crippen LogP contribution in [0.25, 0.3) is 22.5 Å². The first-order valence-electron chi connectivity index (χ1n) is 14.1. The minimum absolute atomic E-state index is 0. The quantitative estimate of drug-likeness (QED) is 0.174. The summed E-state index contributed by atoms with van der Waals surface area (Å²) in [6.07, 6.45) is 3.53. The minimum Gasteiger partial charge on any atom is -0.344 e. The highest BCUT2D eigenvalue weighted by Crippen LogP contribution is 2.29. The normalized spacial score (nSPS) is 17.2. The number of aromatic amines is 1. The predicted octanol–water partition coefficient (Wildman–Crippen LogP) is 3.03. The van der Waals surface area contributed by atoms with E-state index in [0.717, 1.165) is 42.4 Å². The number of anilines is 1. The van der Waals surface area contributed by atoms with Gasteiger partial charge in [-0.1, -0.05) is 36.4 Å². The zero-order valence-corrected chi connectivity index (χ0v) is 25.5. The summed E-state index contributed by atoms with van der Waals surface area (Å²) < 4.78 is 23.6. The molecule has 1 aromatic heterocycles. The molecule has 0 aliphatic heterocycles. The van der Waals surface area contributed by atoms with Gasteiger partial charge in [0.1, 0.15) is 6.04 Å². The maximum Gasteiger partial charge on any atom is 0.247 e. The monoisotopic (exact) mass is 638 g/mol. The van der Waals surface area contributed by atoms with Crippen LogP contribution in [0.3, 0.4) is 0 Å². The van der Waals surface area contributed by atoms with Crippen molar-refractivity contribution in [3.8, 4) is 22.5 Å². The molecule has 4 aromatic rings. The van der Waals surface area contributed by atoms with Crippen molar-refractivity contribution in [1.82, 2.24) is 25.9 Å². The molecule has 0 saturated heterocycles. The standard InChI is InChI=1S/C30H34N8O4S.ClH/c31-18-20-6-10-23(11-7-20)29(39)34-27(30(40)33-25-14-12-22(13-15-25)28-35-37-38-36-28)16-19-4-8-21(9-5-19)24-2-1-3-26(17-24)43(32,41)42;/h1-5,8-9,12-15,17,20,23,27H,6-7,10-11,16,18,31H2,(H,33,40)(H,34,39)(H2,32,41,42)(H,35,36,37,38);1H/t20?,23?,27-;/m0./s1. The van der Waals surface area contributed by atoms with Gasteiger partial charge >= 0.3 is 0 Å². The van der Waals surface area contributed by atoms with E-state index in [0.29, 0.717) is 29.5 Å². The van der Waals surface area contributed by atoms with Crippen molar-refractivity contribution in [1.29, 1.82) is 0 Å². The number of halogens is 1. The Kier molecular flexibility index (Phi) is 10.8. The molecule has 1 atom stereocenters. The number of hydrogen-bond acceptors (Lipinski definition) is 8. The first-order valence-corrected chi connectivity index (χ1v) is 15.6. The molecule has 0 spiro atoms. The number of nitrogens with one attached hydrogen (secondary N) is 3. The van der Waals surface area contributed by atoms with Crippen LogP contribution < -0.4 is 21.5 Å². The number of amides is 2. The lowest BCUT2D eigenvalue weighted by molar-refractivity contribution is -0.130. The molecule has 3 aromatic carbocycles. The smallest absolute Gasteiger partial charge is 0.247 e. The van der Waals surface area contributed by atoms with E-state index in [1.165, 1.54) is 12.1 Å². The first-order chi connectivity index (χ1) is 20.7. The second-order valence-corrected chi connectivity index (χ2v) is 12.4. The molecule has 2 amide bonds. The van der Waals surface area contributed by atoms with Gasteiger partial charge in [-0.25, -0.2) is 13.6 Å². The van der Waals surface area contributed by atoms with Crippen molar-refractivity contribution in [2.75, 3.05) is 11.9 Å². The molecular weight excluding hydrogens is 604 g/mol. The third-order valence-electron chi connectivity index (χ3n) is 7.83. The topological polar surface area (TPSA) is 199 Å². The minimum atomic E-state index is -3.83. The Balaban J connectivity index is 0.00000442. The molecule has 1 aliphatic carbocycles.